The smallest absolute Gasteiger partial charge is 0.258 e. The zero-order valence-electron chi connectivity index (χ0n) is 10.5. The Balaban J connectivity index is 1.90. The van der Waals surface area contributed by atoms with Crippen LogP contribution in [0.15, 0.2) is 18.2 Å². The standard InChI is InChI=1S/C14H15FN2O2/c15-12-6-3-7-13(11(12)8-16)19-9-14(18)17-10-4-1-2-5-10/h3,6-7,10H,1-2,4-5,9H2,(H,17,18). The Kier molecular flexibility index (Phi) is 4.35. The molecule has 1 aromatic rings. The van der Waals surface area contributed by atoms with Crippen molar-refractivity contribution in [2.75, 3.05) is 6.61 Å². The highest BCUT2D eigenvalue weighted by Crippen LogP contribution is 2.20. The Morgan fingerprint density at radius 1 is 1.47 bits per heavy atom. The van der Waals surface area contributed by atoms with E-state index in [4.69, 9.17) is 10.00 Å². The molecule has 1 N–H and O–H groups in total. The quantitative estimate of drug-likeness (QED) is 0.904. The average Bonchev–Trinajstić information content (AvgIpc) is 2.89. The van der Waals surface area contributed by atoms with Gasteiger partial charge < -0.3 is 10.1 Å². The second-order valence-corrected chi connectivity index (χ2v) is 4.56. The van der Waals surface area contributed by atoms with Gasteiger partial charge >= 0.3 is 0 Å². The van der Waals surface area contributed by atoms with Crippen LogP contribution in [-0.2, 0) is 4.79 Å². The van der Waals surface area contributed by atoms with E-state index in [0.29, 0.717) is 0 Å². The molecular formula is C14H15FN2O2. The molecule has 0 saturated heterocycles. The Morgan fingerprint density at radius 3 is 2.89 bits per heavy atom. The van der Waals surface area contributed by atoms with Gasteiger partial charge in [0.15, 0.2) is 6.61 Å². The van der Waals surface area contributed by atoms with Crippen LogP contribution in [0.3, 0.4) is 0 Å². The van der Waals surface area contributed by atoms with Gasteiger partial charge in [-0.1, -0.05) is 18.9 Å². The van der Waals surface area contributed by atoms with Crippen molar-refractivity contribution in [1.82, 2.24) is 5.32 Å². The van der Waals surface area contributed by atoms with Crippen molar-refractivity contribution in [3.05, 3.63) is 29.6 Å². The minimum Gasteiger partial charge on any atom is -0.482 e. The summed E-state index contributed by atoms with van der Waals surface area (Å²) in [7, 11) is 0. The third kappa shape index (κ3) is 3.44. The fraction of sp³-hybridized carbons (Fsp3) is 0.429. The first-order valence-corrected chi connectivity index (χ1v) is 6.31. The van der Waals surface area contributed by atoms with Gasteiger partial charge in [-0.3, -0.25) is 4.79 Å². The average molecular weight is 262 g/mol. The predicted octanol–water partition coefficient (Wildman–Crippen LogP) is 2.13. The molecule has 0 bridgehead atoms. The van der Waals surface area contributed by atoms with E-state index in [-0.39, 0.29) is 29.9 Å². The summed E-state index contributed by atoms with van der Waals surface area (Å²) in [5, 5.41) is 11.7. The third-order valence-corrected chi connectivity index (χ3v) is 3.17. The summed E-state index contributed by atoms with van der Waals surface area (Å²) in [5.74, 6) is -0.777. The van der Waals surface area contributed by atoms with Gasteiger partial charge in [-0.25, -0.2) is 4.39 Å². The Labute approximate surface area is 111 Å². The summed E-state index contributed by atoms with van der Waals surface area (Å²) in [4.78, 5) is 11.6. The highest BCUT2D eigenvalue weighted by atomic mass is 19.1. The lowest BCUT2D eigenvalue weighted by Gasteiger charge is -2.13. The molecular weight excluding hydrogens is 247 g/mol. The number of hydrogen-bond donors (Lipinski definition) is 1. The zero-order chi connectivity index (χ0) is 13.7. The summed E-state index contributed by atoms with van der Waals surface area (Å²) in [6.45, 7) is -0.200. The molecule has 0 spiro atoms. The number of nitriles is 1. The highest BCUT2D eigenvalue weighted by Gasteiger charge is 2.17. The van der Waals surface area contributed by atoms with Crippen LogP contribution in [0.5, 0.6) is 5.75 Å². The van der Waals surface area contributed by atoms with E-state index in [1.54, 1.807) is 6.07 Å². The van der Waals surface area contributed by atoms with Gasteiger partial charge in [-0.05, 0) is 25.0 Å². The summed E-state index contributed by atoms with van der Waals surface area (Å²) >= 11 is 0. The largest absolute Gasteiger partial charge is 0.482 e. The molecule has 0 unspecified atom stereocenters. The molecule has 4 nitrogen and oxygen atoms in total. The van der Waals surface area contributed by atoms with Gasteiger partial charge in [0.1, 0.15) is 23.2 Å². The number of hydrogen-bond acceptors (Lipinski definition) is 3. The van der Waals surface area contributed by atoms with E-state index in [1.807, 2.05) is 0 Å². The lowest BCUT2D eigenvalue weighted by Crippen LogP contribution is -2.36. The summed E-state index contributed by atoms with van der Waals surface area (Å²) in [5.41, 5.74) is -0.170. The first-order valence-electron chi connectivity index (χ1n) is 6.31. The molecule has 1 aromatic carbocycles. The van der Waals surface area contributed by atoms with Crippen LogP contribution in [0.1, 0.15) is 31.2 Å². The number of halogens is 1. The molecule has 0 aromatic heterocycles. The minimum atomic E-state index is -0.642. The number of nitrogens with one attached hydrogen (secondary N) is 1. The summed E-state index contributed by atoms with van der Waals surface area (Å²) in [6, 6.07) is 6.06. The van der Waals surface area contributed by atoms with Gasteiger partial charge in [-0.15, -0.1) is 0 Å². The molecule has 1 aliphatic rings. The van der Waals surface area contributed by atoms with Crippen LogP contribution in [-0.4, -0.2) is 18.6 Å². The van der Waals surface area contributed by atoms with Crippen LogP contribution in [0.4, 0.5) is 4.39 Å². The molecule has 1 fully saturated rings. The number of carbonyl (C=O) groups is 1. The molecule has 19 heavy (non-hydrogen) atoms. The molecule has 0 heterocycles. The molecule has 0 atom stereocenters. The Hall–Kier alpha value is -2.09. The van der Waals surface area contributed by atoms with Gasteiger partial charge in [-0.2, -0.15) is 5.26 Å². The van der Waals surface area contributed by atoms with E-state index in [9.17, 15) is 9.18 Å². The van der Waals surface area contributed by atoms with E-state index in [1.165, 1.54) is 18.2 Å². The second-order valence-electron chi connectivity index (χ2n) is 4.56. The SMILES string of the molecule is N#Cc1c(F)cccc1OCC(=O)NC1CCCC1. The van der Waals surface area contributed by atoms with Crippen molar-refractivity contribution in [3.63, 3.8) is 0 Å². The Bertz CT molecular complexity index is 505. The molecule has 0 aliphatic heterocycles. The van der Waals surface area contributed by atoms with E-state index >= 15 is 0 Å². The van der Waals surface area contributed by atoms with Crippen LogP contribution < -0.4 is 10.1 Å². The van der Waals surface area contributed by atoms with Crippen molar-refractivity contribution in [1.29, 1.82) is 5.26 Å². The molecule has 100 valence electrons. The fourth-order valence-electron chi connectivity index (χ4n) is 2.22. The van der Waals surface area contributed by atoms with Crippen molar-refractivity contribution in [2.45, 2.75) is 31.7 Å². The van der Waals surface area contributed by atoms with Gasteiger partial charge in [0.25, 0.3) is 5.91 Å². The molecule has 1 amide bonds. The van der Waals surface area contributed by atoms with Crippen molar-refractivity contribution >= 4 is 5.91 Å². The maximum atomic E-state index is 13.3. The van der Waals surface area contributed by atoms with Crippen LogP contribution >= 0.6 is 0 Å². The highest BCUT2D eigenvalue weighted by molar-refractivity contribution is 5.78. The number of nitrogens with zero attached hydrogens (tertiary/aromatic N) is 1. The van der Waals surface area contributed by atoms with Gasteiger partial charge in [0.2, 0.25) is 0 Å². The van der Waals surface area contributed by atoms with Crippen molar-refractivity contribution in [2.24, 2.45) is 0 Å². The van der Waals surface area contributed by atoms with Crippen LogP contribution in [0.25, 0.3) is 0 Å². The lowest BCUT2D eigenvalue weighted by atomic mass is 10.2. The number of ether oxygens (including phenoxy) is 1. The van der Waals surface area contributed by atoms with Crippen LogP contribution in [0.2, 0.25) is 0 Å². The van der Waals surface area contributed by atoms with E-state index in [2.05, 4.69) is 5.32 Å². The number of rotatable bonds is 4. The first-order chi connectivity index (χ1) is 9.20. The normalized spacial score (nSPS) is 14.9. The molecule has 0 radical (unpaired) electrons. The van der Waals surface area contributed by atoms with E-state index in [0.717, 1.165) is 25.7 Å². The molecule has 2 rings (SSSR count). The molecule has 5 heteroatoms. The zero-order valence-corrected chi connectivity index (χ0v) is 10.5. The maximum Gasteiger partial charge on any atom is 0.258 e. The topological polar surface area (TPSA) is 62.1 Å². The third-order valence-electron chi connectivity index (χ3n) is 3.17. The number of amides is 1. The van der Waals surface area contributed by atoms with Crippen molar-refractivity contribution in [3.8, 4) is 11.8 Å². The fourth-order valence-corrected chi connectivity index (χ4v) is 2.22. The maximum absolute atomic E-state index is 13.3. The predicted molar refractivity (Wildman–Crippen MR) is 67.0 cm³/mol. The molecule has 1 saturated carbocycles. The lowest BCUT2D eigenvalue weighted by molar-refractivity contribution is -0.123. The van der Waals surface area contributed by atoms with Crippen molar-refractivity contribution < 1.29 is 13.9 Å². The summed E-state index contributed by atoms with van der Waals surface area (Å²) < 4.78 is 18.5. The van der Waals surface area contributed by atoms with Gasteiger partial charge in [0.05, 0.1) is 0 Å². The number of benzene rings is 1. The van der Waals surface area contributed by atoms with Gasteiger partial charge in [0, 0.05) is 6.04 Å². The monoisotopic (exact) mass is 262 g/mol. The Morgan fingerprint density at radius 2 is 2.21 bits per heavy atom. The number of carbonyl (C=O) groups excluding carboxylic acids is 1. The summed E-state index contributed by atoms with van der Waals surface area (Å²) in [6.07, 6.45) is 4.26. The van der Waals surface area contributed by atoms with E-state index < -0.39 is 5.82 Å². The second kappa shape index (κ2) is 6.19. The minimum absolute atomic E-state index is 0.101. The van der Waals surface area contributed by atoms with Crippen LogP contribution in [0, 0.1) is 17.1 Å². The first kappa shape index (κ1) is 13.3. The molecule has 1 aliphatic carbocycles.